The highest BCUT2D eigenvalue weighted by Crippen LogP contribution is 2.26. The van der Waals surface area contributed by atoms with Gasteiger partial charge < -0.3 is 20.1 Å². The highest BCUT2D eigenvalue weighted by molar-refractivity contribution is 5.80. The molecule has 1 aromatic rings. The van der Waals surface area contributed by atoms with Gasteiger partial charge in [0.15, 0.2) is 5.96 Å². The molecule has 1 aliphatic carbocycles. The molecule has 0 bridgehead atoms. The third kappa shape index (κ3) is 5.11. The van der Waals surface area contributed by atoms with E-state index in [2.05, 4.69) is 17.1 Å². The predicted molar refractivity (Wildman–Crippen MR) is 101 cm³/mol. The number of piperidine rings is 1. The number of guanidine groups is 1. The van der Waals surface area contributed by atoms with Crippen LogP contribution in [0.5, 0.6) is 5.75 Å². The number of aliphatic hydroxyl groups is 1. The van der Waals surface area contributed by atoms with Crippen LogP contribution in [-0.2, 0) is 0 Å². The number of aliphatic hydroxyl groups excluding tert-OH is 1. The molecule has 2 fully saturated rings. The number of nitrogens with one attached hydrogen (secondary N) is 1. The topological polar surface area (TPSA) is 57.1 Å². The average molecular weight is 345 g/mol. The van der Waals surface area contributed by atoms with Crippen molar-refractivity contribution in [1.82, 2.24) is 10.2 Å². The van der Waals surface area contributed by atoms with Gasteiger partial charge >= 0.3 is 0 Å². The van der Waals surface area contributed by atoms with E-state index in [1.165, 1.54) is 0 Å². The number of para-hydroxylation sites is 1. The molecule has 1 saturated carbocycles. The molecule has 1 aliphatic heterocycles. The van der Waals surface area contributed by atoms with Crippen LogP contribution in [0.4, 0.5) is 0 Å². The summed E-state index contributed by atoms with van der Waals surface area (Å²) >= 11 is 0. The van der Waals surface area contributed by atoms with Crippen molar-refractivity contribution in [3.63, 3.8) is 0 Å². The number of aliphatic imine (C=N–C) groups is 1. The zero-order chi connectivity index (χ0) is 17.5. The Bertz CT molecular complexity index is 541. The Hall–Kier alpha value is -1.75. The lowest BCUT2D eigenvalue weighted by molar-refractivity contribution is 0.128. The standard InChI is InChI=1S/C20H31N3O2/c1-2-21-20(22-15-16-7-6-10-19(16)24)23-13-11-18(12-14-23)25-17-8-4-3-5-9-17/h3-5,8-9,16,18-19,24H,2,6-7,10-15H2,1H3,(H,21,22). The first-order valence-corrected chi connectivity index (χ1v) is 9.69. The molecule has 1 heterocycles. The quantitative estimate of drug-likeness (QED) is 0.636. The Morgan fingerprint density at radius 2 is 1.96 bits per heavy atom. The van der Waals surface area contributed by atoms with Crippen molar-refractivity contribution in [2.45, 2.75) is 51.2 Å². The van der Waals surface area contributed by atoms with Gasteiger partial charge in [-0.1, -0.05) is 24.6 Å². The van der Waals surface area contributed by atoms with Crippen molar-refractivity contribution in [2.75, 3.05) is 26.2 Å². The summed E-state index contributed by atoms with van der Waals surface area (Å²) in [6.07, 6.45) is 5.27. The Morgan fingerprint density at radius 3 is 2.60 bits per heavy atom. The van der Waals surface area contributed by atoms with E-state index >= 15 is 0 Å². The summed E-state index contributed by atoms with van der Waals surface area (Å²) in [4.78, 5) is 7.14. The fourth-order valence-electron chi connectivity index (χ4n) is 3.74. The summed E-state index contributed by atoms with van der Waals surface area (Å²) in [6, 6.07) is 10.1. The summed E-state index contributed by atoms with van der Waals surface area (Å²) in [7, 11) is 0. The number of nitrogens with zero attached hydrogens (tertiary/aromatic N) is 2. The van der Waals surface area contributed by atoms with Crippen LogP contribution >= 0.6 is 0 Å². The van der Waals surface area contributed by atoms with Gasteiger partial charge in [0.05, 0.1) is 6.10 Å². The first-order chi connectivity index (χ1) is 12.3. The van der Waals surface area contributed by atoms with E-state index in [1.807, 2.05) is 30.3 Å². The number of hydrogen-bond acceptors (Lipinski definition) is 3. The number of ether oxygens (including phenoxy) is 1. The minimum Gasteiger partial charge on any atom is -0.490 e. The molecule has 1 saturated heterocycles. The van der Waals surface area contributed by atoms with Gasteiger partial charge in [-0.15, -0.1) is 0 Å². The molecular weight excluding hydrogens is 314 g/mol. The fraction of sp³-hybridized carbons (Fsp3) is 0.650. The van der Waals surface area contributed by atoms with Gasteiger partial charge in [0.2, 0.25) is 0 Å². The second kappa shape index (κ2) is 9.09. The molecule has 0 radical (unpaired) electrons. The first kappa shape index (κ1) is 18.1. The summed E-state index contributed by atoms with van der Waals surface area (Å²) < 4.78 is 6.08. The molecule has 0 aromatic heterocycles. The van der Waals surface area contributed by atoms with Crippen LogP contribution in [0.1, 0.15) is 39.0 Å². The Kier molecular flexibility index (Phi) is 6.56. The van der Waals surface area contributed by atoms with E-state index in [1.54, 1.807) is 0 Å². The van der Waals surface area contributed by atoms with Gasteiger partial charge in [0.25, 0.3) is 0 Å². The van der Waals surface area contributed by atoms with Crippen molar-refractivity contribution < 1.29 is 9.84 Å². The third-order valence-electron chi connectivity index (χ3n) is 5.22. The summed E-state index contributed by atoms with van der Waals surface area (Å²) in [5, 5.41) is 13.4. The summed E-state index contributed by atoms with van der Waals surface area (Å²) in [5.41, 5.74) is 0. The Balaban J connectivity index is 1.51. The molecular formula is C20H31N3O2. The van der Waals surface area contributed by atoms with Crippen LogP contribution < -0.4 is 10.1 Å². The Labute approximate surface area is 151 Å². The number of hydrogen-bond donors (Lipinski definition) is 2. The second-order valence-corrected chi connectivity index (χ2v) is 7.07. The largest absolute Gasteiger partial charge is 0.490 e. The lowest BCUT2D eigenvalue weighted by atomic mass is 10.1. The number of benzene rings is 1. The van der Waals surface area contributed by atoms with Crippen LogP contribution in [0.15, 0.2) is 35.3 Å². The molecule has 3 rings (SSSR count). The molecule has 138 valence electrons. The molecule has 2 aliphatic rings. The minimum atomic E-state index is -0.170. The number of rotatable bonds is 5. The van der Waals surface area contributed by atoms with E-state index in [0.717, 1.165) is 70.0 Å². The first-order valence-electron chi connectivity index (χ1n) is 9.69. The fourth-order valence-corrected chi connectivity index (χ4v) is 3.74. The van der Waals surface area contributed by atoms with E-state index in [0.29, 0.717) is 5.92 Å². The van der Waals surface area contributed by atoms with E-state index in [-0.39, 0.29) is 12.2 Å². The van der Waals surface area contributed by atoms with Gasteiger partial charge in [0.1, 0.15) is 11.9 Å². The zero-order valence-corrected chi connectivity index (χ0v) is 15.2. The van der Waals surface area contributed by atoms with Crippen molar-refractivity contribution in [3.8, 4) is 5.75 Å². The Morgan fingerprint density at radius 1 is 1.20 bits per heavy atom. The highest BCUT2D eigenvalue weighted by Gasteiger charge is 2.26. The third-order valence-corrected chi connectivity index (χ3v) is 5.22. The summed E-state index contributed by atoms with van der Waals surface area (Å²) in [6.45, 7) is 5.61. The van der Waals surface area contributed by atoms with Crippen LogP contribution in [0.3, 0.4) is 0 Å². The summed E-state index contributed by atoms with van der Waals surface area (Å²) in [5.74, 6) is 2.27. The van der Waals surface area contributed by atoms with E-state index < -0.39 is 0 Å². The molecule has 2 atom stereocenters. The van der Waals surface area contributed by atoms with Crippen molar-refractivity contribution in [2.24, 2.45) is 10.9 Å². The van der Waals surface area contributed by atoms with E-state index in [4.69, 9.17) is 9.73 Å². The molecule has 0 spiro atoms. The maximum atomic E-state index is 10.00. The highest BCUT2D eigenvalue weighted by atomic mass is 16.5. The van der Waals surface area contributed by atoms with Crippen LogP contribution in [0.25, 0.3) is 0 Å². The van der Waals surface area contributed by atoms with E-state index in [9.17, 15) is 5.11 Å². The maximum Gasteiger partial charge on any atom is 0.193 e. The van der Waals surface area contributed by atoms with Gasteiger partial charge in [0, 0.05) is 44.9 Å². The molecule has 2 N–H and O–H groups in total. The van der Waals surface area contributed by atoms with Crippen LogP contribution in [-0.4, -0.2) is 54.4 Å². The maximum absolute atomic E-state index is 10.00. The van der Waals surface area contributed by atoms with Crippen molar-refractivity contribution in [1.29, 1.82) is 0 Å². The predicted octanol–water partition coefficient (Wildman–Crippen LogP) is 2.66. The normalized spacial score (nSPS) is 25.2. The van der Waals surface area contributed by atoms with Gasteiger partial charge in [-0.05, 0) is 31.9 Å². The SMILES string of the molecule is CCNC(=NCC1CCCC1O)N1CCC(Oc2ccccc2)CC1. The van der Waals surface area contributed by atoms with Crippen LogP contribution in [0, 0.1) is 5.92 Å². The monoisotopic (exact) mass is 345 g/mol. The number of likely N-dealkylation sites (tertiary alicyclic amines) is 1. The molecule has 25 heavy (non-hydrogen) atoms. The van der Waals surface area contributed by atoms with Gasteiger partial charge in [-0.3, -0.25) is 4.99 Å². The lowest BCUT2D eigenvalue weighted by Gasteiger charge is -2.34. The lowest BCUT2D eigenvalue weighted by Crippen LogP contribution is -2.47. The molecule has 2 unspecified atom stereocenters. The molecule has 0 amide bonds. The molecule has 1 aromatic carbocycles. The second-order valence-electron chi connectivity index (χ2n) is 7.07. The van der Waals surface area contributed by atoms with Crippen LogP contribution in [0.2, 0.25) is 0 Å². The van der Waals surface area contributed by atoms with Crippen molar-refractivity contribution in [3.05, 3.63) is 30.3 Å². The van der Waals surface area contributed by atoms with Crippen molar-refractivity contribution >= 4 is 5.96 Å². The zero-order valence-electron chi connectivity index (χ0n) is 15.2. The van der Waals surface area contributed by atoms with Gasteiger partial charge in [-0.2, -0.15) is 0 Å². The minimum absolute atomic E-state index is 0.170. The molecule has 5 nitrogen and oxygen atoms in total. The smallest absolute Gasteiger partial charge is 0.193 e. The molecule has 5 heteroatoms. The van der Waals surface area contributed by atoms with Gasteiger partial charge in [-0.25, -0.2) is 0 Å². The average Bonchev–Trinajstić information content (AvgIpc) is 3.05.